The fourth-order valence-electron chi connectivity index (χ4n) is 19.7. The van der Waals surface area contributed by atoms with Crippen molar-refractivity contribution in [2.24, 2.45) is 0 Å². The molecule has 0 nitrogen and oxygen atoms in total. The van der Waals surface area contributed by atoms with Crippen LogP contribution in [0.1, 0.15) is 303 Å². The molecule has 0 aliphatic heterocycles. The van der Waals surface area contributed by atoms with E-state index in [-0.39, 0.29) is 21.7 Å². The number of hydrogen-bond donors (Lipinski definition) is 0. The molecule has 17 rings (SSSR count). The summed E-state index contributed by atoms with van der Waals surface area (Å²) in [5.74, 6) is 3.01. The lowest BCUT2D eigenvalue weighted by Gasteiger charge is -2.25. The van der Waals surface area contributed by atoms with Gasteiger partial charge >= 0.3 is 0 Å². The molecule has 4 aliphatic carbocycles. The van der Waals surface area contributed by atoms with Crippen LogP contribution >= 0.6 is 0 Å². The molecule has 524 valence electrons. The van der Waals surface area contributed by atoms with E-state index < -0.39 is 0 Å². The van der Waals surface area contributed by atoms with Crippen molar-refractivity contribution < 1.29 is 0 Å². The third kappa shape index (κ3) is 9.87. The molecule has 0 N–H and O–H groups in total. The van der Waals surface area contributed by atoms with Gasteiger partial charge in [-0.1, -0.05) is 287 Å². The Kier molecular flexibility index (Phi) is 15.3. The zero-order chi connectivity index (χ0) is 73.5. The molecule has 0 aromatic heterocycles. The van der Waals surface area contributed by atoms with Crippen LogP contribution in [0.5, 0.6) is 0 Å². The molecule has 0 saturated carbocycles. The Balaban J connectivity index is 1.06. The molecule has 0 radical (unpaired) electrons. The molecule has 0 bridgehead atoms. The highest BCUT2D eigenvalue weighted by Crippen LogP contribution is 2.61. The van der Waals surface area contributed by atoms with Gasteiger partial charge in [0.1, 0.15) is 0 Å². The van der Waals surface area contributed by atoms with E-state index in [1.165, 1.54) is 221 Å². The zero-order valence-corrected chi connectivity index (χ0v) is 66.8. The topological polar surface area (TPSA) is 0 Å². The van der Waals surface area contributed by atoms with Gasteiger partial charge in [-0.05, 0) is 317 Å². The van der Waals surface area contributed by atoms with Crippen molar-refractivity contribution in [3.05, 3.63) is 259 Å². The lowest BCUT2D eigenvalue weighted by molar-refractivity contribution is 0.655. The minimum atomic E-state index is -0.197. The number of hydrogen-bond acceptors (Lipinski definition) is 0. The number of benzene rings is 13. The van der Waals surface area contributed by atoms with E-state index in [0.717, 1.165) is 0 Å². The lowest BCUT2D eigenvalue weighted by Crippen LogP contribution is -2.16. The van der Waals surface area contributed by atoms with E-state index in [1.807, 2.05) is 0 Å². The molecule has 0 unspecified atom stereocenters. The largest absolute Gasteiger partial charge is 0.0587 e. The van der Waals surface area contributed by atoms with Gasteiger partial charge in [-0.2, -0.15) is 0 Å². The second-order valence-electron chi connectivity index (χ2n) is 37.2. The van der Waals surface area contributed by atoms with Crippen LogP contribution < -0.4 is 0 Å². The first-order valence-corrected chi connectivity index (χ1v) is 39.7. The summed E-state index contributed by atoms with van der Waals surface area (Å²) in [4.78, 5) is 0. The molecular formula is C104H108. The van der Waals surface area contributed by atoms with Gasteiger partial charge in [0.05, 0.1) is 0 Å². The first kappa shape index (κ1) is 68.3. The van der Waals surface area contributed by atoms with Crippen molar-refractivity contribution in [3.8, 4) is 89.0 Å². The van der Waals surface area contributed by atoms with Crippen molar-refractivity contribution in [1.29, 1.82) is 0 Å². The first-order chi connectivity index (χ1) is 49.1. The number of rotatable bonds is 12. The summed E-state index contributed by atoms with van der Waals surface area (Å²) in [6.45, 7) is 57.8. The van der Waals surface area contributed by atoms with E-state index in [9.17, 15) is 0 Å². The standard InChI is InChI=1S/C104H108/c1-53(2)61-25-29-75-87(45-61)101(17,18)91-49-65(57(9)10)37-79(97(75)91)69-33-73-34-70(80-38-66(58(11)12)50-92-98(80)76-30-26-62(54(3)4)46-88(76)102(92,19)20)43-85-86-44-72(82-40-68(60(15)16)52-94-100(82)78-32-28-64(56(7)8)48-90(78)104(94,23)24)36-74-35-71(42-84(96(74)86)83(41-69)95(73)85)81-39-67(59(13)14)51-93-99(81)77-31-27-63(55(5)6)47-89(77)103(93,21)22/h25-60H,1-24H3. The molecule has 0 spiro atoms. The third-order valence-electron chi connectivity index (χ3n) is 26.5. The van der Waals surface area contributed by atoms with Crippen molar-refractivity contribution >= 4 is 43.1 Å². The molecule has 13 aromatic carbocycles. The van der Waals surface area contributed by atoms with Crippen LogP contribution in [0.3, 0.4) is 0 Å². The predicted molar refractivity (Wildman–Crippen MR) is 452 cm³/mol. The fourth-order valence-corrected chi connectivity index (χ4v) is 19.7. The first-order valence-electron chi connectivity index (χ1n) is 39.7. The molecule has 0 fully saturated rings. The van der Waals surface area contributed by atoms with Crippen molar-refractivity contribution in [1.82, 2.24) is 0 Å². The fraction of sp³-hybridized carbons (Fsp3) is 0.346. The van der Waals surface area contributed by atoms with E-state index in [2.05, 4.69) is 336 Å². The van der Waals surface area contributed by atoms with Gasteiger partial charge in [0.2, 0.25) is 0 Å². The second-order valence-corrected chi connectivity index (χ2v) is 37.2. The maximum absolute atomic E-state index is 2.67. The van der Waals surface area contributed by atoms with Gasteiger partial charge in [-0.25, -0.2) is 0 Å². The summed E-state index contributed by atoms with van der Waals surface area (Å²) in [6.07, 6.45) is 0. The van der Waals surface area contributed by atoms with E-state index in [0.29, 0.717) is 47.3 Å². The van der Waals surface area contributed by atoms with Gasteiger partial charge in [0.15, 0.2) is 0 Å². The Morgan fingerprint density at radius 1 is 0.183 bits per heavy atom. The Morgan fingerprint density at radius 2 is 0.365 bits per heavy atom. The van der Waals surface area contributed by atoms with Crippen molar-refractivity contribution in [2.75, 3.05) is 0 Å². The Labute approximate surface area is 622 Å². The third-order valence-corrected chi connectivity index (χ3v) is 26.5. The number of fused-ring (bicyclic) bond motifs is 14. The zero-order valence-electron chi connectivity index (χ0n) is 66.8. The van der Waals surface area contributed by atoms with Crippen LogP contribution in [0, 0.1) is 0 Å². The van der Waals surface area contributed by atoms with Gasteiger partial charge in [-0.15, -0.1) is 0 Å². The highest BCUT2D eigenvalue weighted by atomic mass is 14.5. The highest BCUT2D eigenvalue weighted by molar-refractivity contribution is 6.35. The van der Waals surface area contributed by atoms with Crippen LogP contribution in [0.15, 0.2) is 170 Å². The molecule has 0 atom stereocenters. The molecule has 104 heavy (non-hydrogen) atoms. The highest BCUT2D eigenvalue weighted by Gasteiger charge is 2.43. The molecule has 0 heteroatoms. The van der Waals surface area contributed by atoms with Gasteiger partial charge in [0.25, 0.3) is 0 Å². The van der Waals surface area contributed by atoms with Crippen molar-refractivity contribution in [2.45, 2.75) is 235 Å². The van der Waals surface area contributed by atoms with Gasteiger partial charge in [0, 0.05) is 21.7 Å². The molecule has 0 saturated heterocycles. The summed E-state index contributed by atoms with van der Waals surface area (Å²) < 4.78 is 0. The lowest BCUT2D eigenvalue weighted by atomic mass is 9.78. The van der Waals surface area contributed by atoms with Crippen LogP contribution in [0.25, 0.3) is 132 Å². The van der Waals surface area contributed by atoms with Crippen molar-refractivity contribution in [3.63, 3.8) is 0 Å². The maximum Gasteiger partial charge on any atom is 0.0159 e. The van der Waals surface area contributed by atoms with E-state index in [1.54, 1.807) is 0 Å². The predicted octanol–water partition coefficient (Wildman–Crippen LogP) is 30.6. The molecule has 0 amide bonds. The minimum absolute atomic E-state index is 0.197. The Hall–Kier alpha value is -8.84. The van der Waals surface area contributed by atoms with Crippen LogP contribution in [0.4, 0.5) is 0 Å². The normalized spacial score (nSPS) is 15.5. The second kappa shape index (κ2) is 23.3. The summed E-state index contributed by atoms with van der Waals surface area (Å²) in [5.41, 5.74) is 43.3. The average Bonchev–Trinajstić information content (AvgIpc) is 1.17. The summed E-state index contributed by atoms with van der Waals surface area (Å²) in [5, 5.41) is 10.5. The van der Waals surface area contributed by atoms with Crippen LogP contribution in [0.2, 0.25) is 0 Å². The Morgan fingerprint density at radius 3 is 0.548 bits per heavy atom. The summed E-state index contributed by atoms with van der Waals surface area (Å²) in [6, 6.07) is 71.7. The van der Waals surface area contributed by atoms with Crippen LogP contribution in [-0.2, 0) is 21.7 Å². The van der Waals surface area contributed by atoms with Crippen LogP contribution in [-0.4, -0.2) is 0 Å². The quantitative estimate of drug-likeness (QED) is 0.0845. The maximum atomic E-state index is 2.67. The molecular weight excluding hydrogens is 1250 g/mol. The molecule has 13 aromatic rings. The monoisotopic (exact) mass is 1360 g/mol. The molecule has 0 heterocycles. The van der Waals surface area contributed by atoms with E-state index in [4.69, 9.17) is 0 Å². The summed E-state index contributed by atoms with van der Waals surface area (Å²) in [7, 11) is 0. The SMILES string of the molecule is CC(C)c1ccc2c(c1)C(C)(C)c1cc(C(C)C)cc(-c3cc4cc(-c5cc(C(C)C)cc6c5-c5ccc(C(C)C)cc5C6(C)C)cc5c6cc(-c7cc(C(C)C)cc8c7-c7ccc(C(C)C)cc7C8(C)C)cc7cc(-c8cc(C(C)C)cc9c8-c8ccc(C(C)C)cc8C9(C)C)cc(c(c3)c45)c76)c1-2. The van der Waals surface area contributed by atoms with Gasteiger partial charge < -0.3 is 0 Å². The summed E-state index contributed by atoms with van der Waals surface area (Å²) >= 11 is 0. The average molecular weight is 1360 g/mol. The van der Waals surface area contributed by atoms with Gasteiger partial charge in [-0.3, -0.25) is 0 Å². The molecule has 4 aliphatic rings. The smallest absolute Gasteiger partial charge is 0.0159 e. The van der Waals surface area contributed by atoms with E-state index >= 15 is 0 Å². The Bertz CT molecular complexity index is 5130. The minimum Gasteiger partial charge on any atom is -0.0587 e.